The molecule has 6 aromatic rings. The summed E-state index contributed by atoms with van der Waals surface area (Å²) < 4.78 is 7.75. The molecule has 0 N–H and O–H groups in total. The molecule has 0 amide bonds. The van der Waals surface area contributed by atoms with Crippen molar-refractivity contribution in [3.8, 4) is 0 Å². The van der Waals surface area contributed by atoms with E-state index in [4.69, 9.17) is 0 Å². The molecule has 0 fully saturated rings. The maximum Gasteiger partial charge on any atom is 0.262 e. The second kappa shape index (κ2) is 16.9. The fourth-order valence-corrected chi connectivity index (χ4v) is 11.5. The maximum absolute atomic E-state index is 2.53. The molecule has 9 rings (SSSR count). The lowest BCUT2D eigenvalue weighted by molar-refractivity contribution is -0.669. The van der Waals surface area contributed by atoms with Crippen molar-refractivity contribution in [2.24, 2.45) is 0 Å². The van der Waals surface area contributed by atoms with Gasteiger partial charge in [-0.15, -0.1) is 0 Å². The lowest BCUT2D eigenvalue weighted by atomic mass is 10.2. The zero-order chi connectivity index (χ0) is 33.3. The third kappa shape index (κ3) is 7.48. The number of aromatic nitrogens is 2. The molecule has 52 heavy (non-hydrogen) atoms. The molecule has 0 saturated carbocycles. The number of allylic oxidation sites excluding steroid dienone is 4. The van der Waals surface area contributed by atoms with Gasteiger partial charge in [0.25, 0.3) is 10.0 Å². The summed E-state index contributed by atoms with van der Waals surface area (Å²) in [6.45, 7) is 4.00. The van der Waals surface area contributed by atoms with Gasteiger partial charge in [-0.25, -0.2) is 0 Å². The highest BCUT2D eigenvalue weighted by molar-refractivity contribution is 8.04. The molecular weight excluding hydrogens is 849 g/mol. The fourth-order valence-electron chi connectivity index (χ4n) is 7.14. The van der Waals surface area contributed by atoms with Gasteiger partial charge in [-0.05, 0) is 61.4 Å². The Hall–Kier alpha value is -3.12. The van der Waals surface area contributed by atoms with E-state index >= 15 is 0 Å². The molecule has 2 aromatic heterocycles. The van der Waals surface area contributed by atoms with Gasteiger partial charge < -0.3 is 43.8 Å². The quantitative estimate of drug-likeness (QED) is 0.202. The summed E-state index contributed by atoms with van der Waals surface area (Å²) in [7, 11) is 0. The molecule has 10 heteroatoms. The van der Waals surface area contributed by atoms with E-state index < -0.39 is 0 Å². The maximum atomic E-state index is 2.53. The molecule has 0 atom stereocenters. The van der Waals surface area contributed by atoms with Crippen LogP contribution >= 0.6 is 46.2 Å². The monoisotopic (exact) mass is 884 g/mol. The summed E-state index contributed by atoms with van der Waals surface area (Å²) in [6.07, 6.45) is 18.3. The lowest BCUT2D eigenvalue weighted by Gasteiger charge is -2.20. The van der Waals surface area contributed by atoms with Gasteiger partial charge in [0.1, 0.15) is 9.40 Å². The average molecular weight is 887 g/mol. The number of thioether (sulfide) groups is 2. The van der Waals surface area contributed by atoms with Crippen LogP contribution in [0.15, 0.2) is 141 Å². The first-order valence-electron chi connectivity index (χ1n) is 17.5. The largest absolute Gasteiger partial charge is 1.00 e. The van der Waals surface area contributed by atoms with Crippen LogP contribution in [0.2, 0.25) is 0 Å². The average Bonchev–Trinajstić information content (AvgIpc) is 3.89. The number of hydrogen-bond acceptors (Lipinski definition) is 6. The van der Waals surface area contributed by atoms with E-state index in [1.807, 2.05) is 46.2 Å². The van der Waals surface area contributed by atoms with Crippen LogP contribution < -0.4 is 52.9 Å². The number of hydrogen-bond donors (Lipinski definition) is 0. The molecule has 4 aromatic carbocycles. The van der Waals surface area contributed by atoms with Gasteiger partial charge in [0, 0.05) is 60.0 Å². The van der Waals surface area contributed by atoms with Gasteiger partial charge in [-0.1, -0.05) is 107 Å². The van der Waals surface area contributed by atoms with E-state index in [0.717, 1.165) is 51.9 Å². The van der Waals surface area contributed by atoms with E-state index in [1.54, 1.807) is 0 Å². The highest BCUT2D eigenvalue weighted by Crippen LogP contribution is 2.47. The number of fused-ring (bicyclic) bond motifs is 12. The topological polar surface area (TPSA) is 14.2 Å². The summed E-state index contributed by atoms with van der Waals surface area (Å²) in [6, 6.07) is 35.4. The summed E-state index contributed by atoms with van der Waals surface area (Å²) in [5, 5.41) is 5.23. The smallest absolute Gasteiger partial charge is 0.262 e. The number of benzene rings is 4. The summed E-state index contributed by atoms with van der Waals surface area (Å²) in [4.78, 5) is 7.75. The van der Waals surface area contributed by atoms with E-state index in [9.17, 15) is 0 Å². The first-order valence-corrected chi connectivity index (χ1v) is 20.8. The first kappa shape index (κ1) is 37.2. The van der Waals surface area contributed by atoms with Crippen molar-refractivity contribution in [2.45, 2.75) is 48.6 Å². The molecule has 4 nitrogen and oxygen atoms in total. The number of halogens is 2. The zero-order valence-electron chi connectivity index (χ0n) is 28.5. The highest BCUT2D eigenvalue weighted by Gasteiger charge is 2.27. The predicted molar refractivity (Wildman–Crippen MR) is 216 cm³/mol. The van der Waals surface area contributed by atoms with Crippen molar-refractivity contribution in [1.82, 2.24) is 0 Å². The first-order chi connectivity index (χ1) is 24.8. The Labute approximate surface area is 343 Å². The van der Waals surface area contributed by atoms with Gasteiger partial charge in [-0.2, -0.15) is 9.13 Å². The number of anilines is 2. The molecule has 5 heterocycles. The number of thiazole rings is 2. The van der Waals surface area contributed by atoms with Gasteiger partial charge >= 0.3 is 0 Å². The lowest BCUT2D eigenvalue weighted by Crippen LogP contribution is -3.00. The van der Waals surface area contributed by atoms with Gasteiger partial charge in [0.05, 0.1) is 21.4 Å². The summed E-state index contributed by atoms with van der Waals surface area (Å²) >= 11 is 7.57. The van der Waals surface area contributed by atoms with Crippen LogP contribution in [0.1, 0.15) is 35.7 Å². The van der Waals surface area contributed by atoms with Crippen molar-refractivity contribution >= 4 is 90.2 Å². The van der Waals surface area contributed by atoms with Gasteiger partial charge in [-0.3, -0.25) is 0 Å². The number of para-hydroxylation sites is 4. The minimum atomic E-state index is 0. The summed E-state index contributed by atoms with van der Waals surface area (Å²) in [5.74, 6) is 0. The Kier molecular flexibility index (Phi) is 12.1. The number of nitrogens with zero attached hydrogens (tertiary/aromatic N) is 4. The van der Waals surface area contributed by atoms with Crippen molar-refractivity contribution in [2.75, 3.05) is 22.9 Å². The molecule has 0 aliphatic carbocycles. The van der Waals surface area contributed by atoms with Gasteiger partial charge in [0.2, 0.25) is 11.0 Å². The Balaban J connectivity index is 0.00000210. The van der Waals surface area contributed by atoms with E-state index in [-0.39, 0.29) is 34.0 Å². The number of rotatable bonds is 0. The molecular formula is C42H38Br2N4S4. The molecule has 3 aliphatic heterocycles. The molecule has 0 radical (unpaired) electrons. The summed E-state index contributed by atoms with van der Waals surface area (Å²) in [5.41, 5.74) is 5.31. The van der Waals surface area contributed by atoms with Crippen LogP contribution in [0.5, 0.6) is 0 Å². The minimum absolute atomic E-state index is 0. The Morgan fingerprint density at radius 2 is 0.904 bits per heavy atom. The third-order valence-corrected chi connectivity index (χ3v) is 14.1. The van der Waals surface area contributed by atoms with E-state index in [0.29, 0.717) is 0 Å². The van der Waals surface area contributed by atoms with Crippen molar-refractivity contribution < 1.29 is 43.1 Å². The third-order valence-electron chi connectivity index (χ3n) is 9.53. The van der Waals surface area contributed by atoms with Crippen LogP contribution in [0.3, 0.4) is 0 Å². The Morgan fingerprint density at radius 3 is 1.38 bits per heavy atom. The van der Waals surface area contributed by atoms with Crippen LogP contribution in [0, 0.1) is 0 Å². The van der Waals surface area contributed by atoms with Crippen LogP contribution in [0.25, 0.3) is 32.6 Å². The standard InChI is InChI=1S/C42H38N4S4.2BrH/c1-5-19-35-31(15-1)43-27-9-10-28-44-32-16-2-6-20-36(32)49-41(44)25-14-26-42-46(34-18-4-8-22-38(34)50-42)30-12-11-29-45-33-17-3-7-21-37(33)48-40(45)24-13-23-39(43)47-35;;/h1-8,13-26H,9-12,27-30H2;2*1H/q+2;;/p-2. The van der Waals surface area contributed by atoms with Crippen LogP contribution in [0.4, 0.5) is 11.4 Å². The van der Waals surface area contributed by atoms with Crippen molar-refractivity contribution in [3.63, 3.8) is 0 Å². The second-order valence-corrected chi connectivity index (χ2v) is 17.0. The Morgan fingerprint density at radius 1 is 0.481 bits per heavy atom. The highest BCUT2D eigenvalue weighted by atomic mass is 79.9. The molecule has 264 valence electrons. The van der Waals surface area contributed by atoms with E-state index in [2.05, 4.69) is 152 Å². The predicted octanol–water partition coefficient (Wildman–Crippen LogP) is 4.91. The van der Waals surface area contributed by atoms with Gasteiger partial charge in [0.15, 0.2) is 13.1 Å². The zero-order valence-corrected chi connectivity index (χ0v) is 35.0. The molecule has 0 spiro atoms. The second-order valence-electron chi connectivity index (χ2n) is 12.7. The Bertz CT molecular complexity index is 2180. The van der Waals surface area contributed by atoms with Crippen LogP contribution in [-0.4, -0.2) is 13.1 Å². The molecule has 0 unspecified atom stereocenters. The molecule has 3 aliphatic rings. The molecule has 0 saturated heterocycles. The van der Waals surface area contributed by atoms with Crippen molar-refractivity contribution in [1.29, 1.82) is 0 Å². The minimum Gasteiger partial charge on any atom is -1.00 e. The van der Waals surface area contributed by atoms with E-state index in [1.165, 1.54) is 61.7 Å². The normalized spacial score (nSPS) is 19.4. The van der Waals surface area contributed by atoms with Crippen molar-refractivity contribution in [3.05, 3.63) is 141 Å². The SMILES string of the molecule is C1=C2\Sc3ccccc3N2CCCC[n+]2c(sc3ccccc32)/C=C/C=C2\Sc3ccccc3N2CCCC[n+]2c(sc3ccccc32)/C=C/1.[Br-].[Br-]. The fraction of sp³-hybridized carbons (Fsp3) is 0.190. The van der Waals surface area contributed by atoms with Crippen LogP contribution in [-0.2, 0) is 13.1 Å². The number of aryl methyl sites for hydroxylation is 2. The molecule has 0 bridgehead atoms.